The van der Waals surface area contributed by atoms with Crippen molar-refractivity contribution in [3.8, 4) is 0 Å². The van der Waals surface area contributed by atoms with Crippen LogP contribution in [0.3, 0.4) is 0 Å². The highest BCUT2D eigenvalue weighted by Gasteiger charge is 2.23. The van der Waals surface area contributed by atoms with Gasteiger partial charge in [0.1, 0.15) is 5.25 Å². The van der Waals surface area contributed by atoms with Crippen molar-refractivity contribution in [3.63, 3.8) is 0 Å². The molecule has 7 nitrogen and oxygen atoms in total. The van der Waals surface area contributed by atoms with Crippen LogP contribution in [0.5, 0.6) is 0 Å². The molecular formula is C17H19N3O4S. The minimum atomic E-state index is -3.45. The summed E-state index contributed by atoms with van der Waals surface area (Å²) in [6.45, 7) is 1.33. The van der Waals surface area contributed by atoms with Crippen LogP contribution in [0.1, 0.15) is 6.92 Å². The van der Waals surface area contributed by atoms with Gasteiger partial charge in [-0.1, -0.05) is 18.2 Å². The molecule has 0 unspecified atom stereocenters. The Hall–Kier alpha value is -2.87. The lowest BCUT2D eigenvalue weighted by Crippen LogP contribution is -2.31. The summed E-state index contributed by atoms with van der Waals surface area (Å²) in [6.07, 6.45) is 1.01. The molecule has 0 saturated heterocycles. The molecule has 0 spiro atoms. The van der Waals surface area contributed by atoms with E-state index in [1.807, 2.05) is 18.2 Å². The van der Waals surface area contributed by atoms with Crippen LogP contribution < -0.4 is 16.0 Å². The number of para-hydroxylation sites is 1. The normalized spacial score (nSPS) is 12.1. The van der Waals surface area contributed by atoms with Gasteiger partial charge < -0.3 is 16.0 Å². The molecule has 1 atom stereocenters. The molecule has 0 aliphatic heterocycles. The molecule has 132 valence electrons. The molecule has 0 bridgehead atoms. The van der Waals surface area contributed by atoms with Crippen molar-refractivity contribution < 1.29 is 18.0 Å². The number of nitrogens with one attached hydrogen (secondary N) is 3. The standard InChI is InChI=1S/C17H19N3O4S/c1-12(25(2,23)24)16(21)18-14-8-10-15(11-9-14)20-17(22)19-13-6-4-3-5-7-13/h3-12H,1-2H3,(H,18,21)(H2,19,20,22)/t12-/m0/s1. The van der Waals surface area contributed by atoms with Gasteiger partial charge in [-0.05, 0) is 43.3 Å². The number of urea groups is 1. The van der Waals surface area contributed by atoms with E-state index >= 15 is 0 Å². The Morgan fingerprint density at radius 2 is 1.24 bits per heavy atom. The maximum Gasteiger partial charge on any atom is 0.323 e. The second kappa shape index (κ2) is 7.80. The third-order valence-corrected chi connectivity index (χ3v) is 4.95. The Morgan fingerprint density at radius 3 is 1.72 bits per heavy atom. The van der Waals surface area contributed by atoms with E-state index in [1.54, 1.807) is 36.4 Å². The van der Waals surface area contributed by atoms with Crippen LogP contribution in [0.15, 0.2) is 54.6 Å². The van der Waals surface area contributed by atoms with E-state index in [0.29, 0.717) is 17.1 Å². The lowest BCUT2D eigenvalue weighted by atomic mass is 10.2. The Balaban J connectivity index is 1.93. The number of amides is 3. The van der Waals surface area contributed by atoms with Crippen LogP contribution in [0.25, 0.3) is 0 Å². The number of carbonyl (C=O) groups excluding carboxylic acids is 2. The number of hydrogen-bond acceptors (Lipinski definition) is 4. The van der Waals surface area contributed by atoms with Crippen LogP contribution in [-0.4, -0.2) is 31.9 Å². The predicted octanol–water partition coefficient (Wildman–Crippen LogP) is 2.70. The Bertz CT molecular complexity index is 849. The van der Waals surface area contributed by atoms with Crippen molar-refractivity contribution in [2.45, 2.75) is 12.2 Å². The maximum atomic E-state index is 11.9. The molecule has 0 aliphatic carbocycles. The van der Waals surface area contributed by atoms with Gasteiger partial charge in [-0.25, -0.2) is 13.2 Å². The van der Waals surface area contributed by atoms with Gasteiger partial charge in [-0.3, -0.25) is 4.79 Å². The summed E-state index contributed by atoms with van der Waals surface area (Å²) in [7, 11) is -3.45. The zero-order chi connectivity index (χ0) is 18.4. The van der Waals surface area contributed by atoms with Gasteiger partial charge in [0.25, 0.3) is 0 Å². The van der Waals surface area contributed by atoms with Crippen molar-refractivity contribution in [1.82, 2.24) is 0 Å². The molecule has 0 radical (unpaired) electrons. The minimum absolute atomic E-state index is 0.395. The molecular weight excluding hydrogens is 342 g/mol. The van der Waals surface area contributed by atoms with Crippen molar-refractivity contribution in [1.29, 1.82) is 0 Å². The number of hydrogen-bond donors (Lipinski definition) is 3. The molecule has 2 aromatic rings. The fraction of sp³-hybridized carbons (Fsp3) is 0.176. The van der Waals surface area contributed by atoms with Gasteiger partial charge in [0, 0.05) is 23.3 Å². The van der Waals surface area contributed by atoms with E-state index in [4.69, 9.17) is 0 Å². The van der Waals surface area contributed by atoms with Gasteiger partial charge >= 0.3 is 6.03 Å². The molecule has 0 aromatic heterocycles. The molecule has 8 heteroatoms. The van der Waals surface area contributed by atoms with Gasteiger partial charge in [0.2, 0.25) is 5.91 Å². The monoisotopic (exact) mass is 361 g/mol. The second-order valence-corrected chi connectivity index (χ2v) is 7.85. The molecule has 0 saturated carbocycles. The predicted molar refractivity (Wildman–Crippen MR) is 98.5 cm³/mol. The van der Waals surface area contributed by atoms with Crippen molar-refractivity contribution in [2.75, 3.05) is 22.2 Å². The quantitative estimate of drug-likeness (QED) is 0.761. The van der Waals surface area contributed by atoms with Crippen molar-refractivity contribution in [3.05, 3.63) is 54.6 Å². The van der Waals surface area contributed by atoms with E-state index < -0.39 is 27.0 Å². The zero-order valence-electron chi connectivity index (χ0n) is 13.8. The lowest BCUT2D eigenvalue weighted by molar-refractivity contribution is -0.115. The average molecular weight is 361 g/mol. The highest BCUT2D eigenvalue weighted by atomic mass is 32.2. The smallest absolute Gasteiger partial charge is 0.323 e. The van der Waals surface area contributed by atoms with E-state index in [2.05, 4.69) is 16.0 Å². The third kappa shape index (κ3) is 5.61. The van der Waals surface area contributed by atoms with Crippen LogP contribution in [0.4, 0.5) is 21.9 Å². The first-order valence-electron chi connectivity index (χ1n) is 7.48. The highest BCUT2D eigenvalue weighted by Crippen LogP contribution is 2.15. The van der Waals surface area contributed by atoms with Crippen molar-refractivity contribution in [2.24, 2.45) is 0 Å². The van der Waals surface area contributed by atoms with Gasteiger partial charge in [0.15, 0.2) is 9.84 Å². The summed E-state index contributed by atoms with van der Waals surface area (Å²) in [5.74, 6) is -0.606. The number of rotatable bonds is 5. The summed E-state index contributed by atoms with van der Waals surface area (Å²) in [5, 5.41) is 6.73. The second-order valence-electron chi connectivity index (χ2n) is 5.48. The van der Waals surface area contributed by atoms with Crippen molar-refractivity contribution >= 4 is 38.8 Å². The van der Waals surface area contributed by atoms with E-state index in [9.17, 15) is 18.0 Å². The molecule has 3 amide bonds. The van der Waals surface area contributed by atoms with Gasteiger partial charge in [0.05, 0.1) is 0 Å². The largest absolute Gasteiger partial charge is 0.325 e. The topological polar surface area (TPSA) is 104 Å². The Morgan fingerprint density at radius 1 is 0.800 bits per heavy atom. The van der Waals surface area contributed by atoms with Crippen LogP contribution in [0, 0.1) is 0 Å². The minimum Gasteiger partial charge on any atom is -0.325 e. The molecule has 2 rings (SSSR count). The maximum absolute atomic E-state index is 11.9. The van der Waals surface area contributed by atoms with Gasteiger partial charge in [-0.15, -0.1) is 0 Å². The summed E-state index contributed by atoms with van der Waals surface area (Å²) in [6, 6.07) is 15.0. The van der Waals surface area contributed by atoms with E-state index in [-0.39, 0.29) is 0 Å². The number of carbonyl (C=O) groups is 2. The fourth-order valence-electron chi connectivity index (χ4n) is 1.89. The summed E-state index contributed by atoms with van der Waals surface area (Å²) in [5.41, 5.74) is 1.63. The first-order valence-corrected chi connectivity index (χ1v) is 9.44. The molecule has 3 N–H and O–H groups in total. The number of sulfone groups is 1. The third-order valence-electron chi connectivity index (χ3n) is 3.45. The number of anilines is 3. The zero-order valence-corrected chi connectivity index (χ0v) is 14.6. The first kappa shape index (κ1) is 18.5. The SMILES string of the molecule is C[C@@H](C(=O)Nc1ccc(NC(=O)Nc2ccccc2)cc1)S(C)(=O)=O. The average Bonchev–Trinajstić information content (AvgIpc) is 2.56. The molecule has 2 aromatic carbocycles. The van der Waals surface area contributed by atoms with E-state index in [0.717, 1.165) is 6.26 Å². The number of benzene rings is 2. The summed E-state index contributed by atoms with van der Waals surface area (Å²) < 4.78 is 22.7. The van der Waals surface area contributed by atoms with Gasteiger partial charge in [-0.2, -0.15) is 0 Å². The Kier molecular flexibility index (Phi) is 5.76. The lowest BCUT2D eigenvalue weighted by Gasteiger charge is -2.11. The van der Waals surface area contributed by atoms with Crippen LogP contribution in [0.2, 0.25) is 0 Å². The van der Waals surface area contributed by atoms with Crippen LogP contribution in [-0.2, 0) is 14.6 Å². The molecule has 0 aliphatic rings. The van der Waals surface area contributed by atoms with E-state index in [1.165, 1.54) is 6.92 Å². The summed E-state index contributed by atoms with van der Waals surface area (Å²) in [4.78, 5) is 23.7. The molecule has 0 heterocycles. The van der Waals surface area contributed by atoms with Crippen LogP contribution >= 0.6 is 0 Å². The molecule has 0 fully saturated rings. The fourth-order valence-corrected chi connectivity index (χ4v) is 2.34. The summed E-state index contributed by atoms with van der Waals surface area (Å²) >= 11 is 0. The first-order chi connectivity index (χ1) is 11.8. The molecule has 25 heavy (non-hydrogen) atoms. The Labute approximate surface area is 146 Å². The highest BCUT2D eigenvalue weighted by molar-refractivity contribution is 7.92.